The number of hydrogen-bond donors (Lipinski definition) is 2. The second-order valence-corrected chi connectivity index (χ2v) is 7.09. The summed E-state index contributed by atoms with van der Waals surface area (Å²) in [4.78, 5) is 31.5. The van der Waals surface area contributed by atoms with Crippen LogP contribution >= 0.6 is 11.8 Å². The first-order valence-electron chi connectivity index (χ1n) is 7.69. The minimum Gasteiger partial charge on any atom is -0.325 e. The zero-order chi connectivity index (χ0) is 16.4. The Morgan fingerprint density at radius 1 is 1.30 bits per heavy atom. The molecule has 1 heterocycles. The average molecular weight is 329 g/mol. The molecule has 0 saturated carbocycles. The van der Waals surface area contributed by atoms with E-state index in [9.17, 15) is 9.59 Å². The van der Waals surface area contributed by atoms with Gasteiger partial charge in [0.1, 0.15) is 0 Å². The van der Waals surface area contributed by atoms with Gasteiger partial charge in [-0.1, -0.05) is 29.5 Å². The highest BCUT2D eigenvalue weighted by atomic mass is 32.2. The van der Waals surface area contributed by atoms with Gasteiger partial charge in [-0.2, -0.15) is 0 Å². The predicted octanol–water partition coefficient (Wildman–Crippen LogP) is 2.69. The maximum absolute atomic E-state index is 12.3. The molecule has 1 atom stereocenters. The molecule has 0 fully saturated rings. The van der Waals surface area contributed by atoms with E-state index in [2.05, 4.69) is 15.3 Å². The van der Waals surface area contributed by atoms with Gasteiger partial charge in [0.05, 0.1) is 10.9 Å². The van der Waals surface area contributed by atoms with E-state index in [4.69, 9.17) is 0 Å². The number of anilines is 1. The van der Waals surface area contributed by atoms with E-state index in [0.717, 1.165) is 41.8 Å². The summed E-state index contributed by atoms with van der Waals surface area (Å²) in [5.41, 5.74) is 3.52. The zero-order valence-electron chi connectivity index (χ0n) is 13.2. The fourth-order valence-electron chi connectivity index (χ4n) is 2.58. The molecule has 2 aromatic rings. The van der Waals surface area contributed by atoms with Gasteiger partial charge in [0.25, 0.3) is 5.56 Å². The topological polar surface area (TPSA) is 74.8 Å². The second kappa shape index (κ2) is 6.58. The number of hydrogen-bond acceptors (Lipinski definition) is 4. The third-order valence-electron chi connectivity index (χ3n) is 3.90. The van der Waals surface area contributed by atoms with E-state index in [0.29, 0.717) is 5.16 Å². The van der Waals surface area contributed by atoms with Crippen LogP contribution in [0.3, 0.4) is 0 Å². The molecule has 3 rings (SSSR count). The van der Waals surface area contributed by atoms with Crippen molar-refractivity contribution < 1.29 is 4.79 Å². The molecule has 1 aliphatic carbocycles. The van der Waals surface area contributed by atoms with E-state index in [1.54, 1.807) is 6.92 Å². The molecule has 120 valence electrons. The number of amides is 1. The number of thioether (sulfide) groups is 1. The van der Waals surface area contributed by atoms with Crippen LogP contribution in [0.1, 0.15) is 30.2 Å². The molecule has 2 N–H and O–H groups in total. The largest absolute Gasteiger partial charge is 0.325 e. The van der Waals surface area contributed by atoms with Gasteiger partial charge in [-0.25, -0.2) is 4.98 Å². The number of aromatic nitrogens is 2. The number of aromatic amines is 1. The molecular weight excluding hydrogens is 310 g/mol. The third kappa shape index (κ3) is 3.64. The monoisotopic (exact) mass is 329 g/mol. The molecule has 0 aliphatic heterocycles. The Balaban J connectivity index is 1.68. The highest BCUT2D eigenvalue weighted by Crippen LogP contribution is 2.23. The molecule has 0 spiro atoms. The Labute approximate surface area is 138 Å². The zero-order valence-corrected chi connectivity index (χ0v) is 14.0. The van der Waals surface area contributed by atoms with E-state index >= 15 is 0 Å². The molecule has 5 nitrogen and oxygen atoms in total. The maximum atomic E-state index is 12.3. The standard InChI is InChI=1S/C17H19N3O2S/c1-10-6-8-12(9-7-10)18-15(21)11(2)23-17-19-14-5-3-4-13(14)16(22)20-17/h6-9,11H,3-5H2,1-2H3,(H,18,21)(H,19,20,22). The fourth-order valence-corrected chi connectivity index (χ4v) is 3.39. The Kier molecular flexibility index (Phi) is 4.52. The summed E-state index contributed by atoms with van der Waals surface area (Å²) in [6.45, 7) is 3.81. The van der Waals surface area contributed by atoms with Crippen molar-refractivity contribution in [1.29, 1.82) is 0 Å². The Morgan fingerprint density at radius 2 is 2.04 bits per heavy atom. The molecule has 0 radical (unpaired) electrons. The van der Waals surface area contributed by atoms with E-state index in [1.807, 2.05) is 31.2 Å². The summed E-state index contributed by atoms with van der Waals surface area (Å²) in [7, 11) is 0. The number of carbonyl (C=O) groups is 1. The lowest BCUT2D eigenvalue weighted by Crippen LogP contribution is -2.23. The molecular formula is C17H19N3O2S. The van der Waals surface area contributed by atoms with Crippen molar-refractivity contribution in [2.45, 2.75) is 43.5 Å². The van der Waals surface area contributed by atoms with Crippen LogP contribution in [-0.4, -0.2) is 21.1 Å². The van der Waals surface area contributed by atoms with Gasteiger partial charge in [0, 0.05) is 11.3 Å². The van der Waals surface area contributed by atoms with Crippen molar-refractivity contribution in [3.63, 3.8) is 0 Å². The van der Waals surface area contributed by atoms with Crippen LogP contribution in [0.25, 0.3) is 0 Å². The molecule has 6 heteroatoms. The number of carbonyl (C=O) groups excluding carboxylic acids is 1. The Hall–Kier alpha value is -2.08. The molecule has 1 aromatic heterocycles. The van der Waals surface area contributed by atoms with Gasteiger partial charge in [-0.15, -0.1) is 0 Å². The summed E-state index contributed by atoms with van der Waals surface area (Å²) in [5.74, 6) is -0.109. The molecule has 1 aromatic carbocycles. The number of benzene rings is 1. The lowest BCUT2D eigenvalue weighted by Gasteiger charge is -2.12. The molecule has 1 amide bonds. The quantitative estimate of drug-likeness (QED) is 0.668. The number of fused-ring (bicyclic) bond motifs is 1. The number of aryl methyl sites for hydroxylation is 2. The molecule has 0 bridgehead atoms. The van der Waals surface area contributed by atoms with Crippen LogP contribution in [0.15, 0.2) is 34.2 Å². The SMILES string of the molecule is Cc1ccc(NC(=O)C(C)Sc2nc3c(c(=O)[nH]2)CCC3)cc1. The summed E-state index contributed by atoms with van der Waals surface area (Å²) in [5, 5.41) is 3.04. The van der Waals surface area contributed by atoms with Gasteiger partial charge in [0.2, 0.25) is 5.91 Å². The van der Waals surface area contributed by atoms with Crippen LogP contribution in [0.5, 0.6) is 0 Å². The fraction of sp³-hybridized carbons (Fsp3) is 0.353. The van der Waals surface area contributed by atoms with Crippen LogP contribution < -0.4 is 10.9 Å². The van der Waals surface area contributed by atoms with Crippen molar-refractivity contribution in [3.05, 3.63) is 51.4 Å². The highest BCUT2D eigenvalue weighted by molar-refractivity contribution is 8.00. The maximum Gasteiger partial charge on any atom is 0.254 e. The first kappa shape index (κ1) is 15.8. The normalized spacial score (nSPS) is 14.3. The lowest BCUT2D eigenvalue weighted by atomic mass is 10.2. The van der Waals surface area contributed by atoms with Gasteiger partial charge >= 0.3 is 0 Å². The average Bonchev–Trinajstić information content (AvgIpc) is 2.98. The summed E-state index contributed by atoms with van der Waals surface area (Å²) in [6.07, 6.45) is 2.62. The molecule has 1 aliphatic rings. The van der Waals surface area contributed by atoms with Crippen LogP contribution in [0, 0.1) is 6.92 Å². The first-order chi connectivity index (χ1) is 11.0. The van der Waals surface area contributed by atoms with Crippen LogP contribution in [0.2, 0.25) is 0 Å². The molecule has 0 saturated heterocycles. The van der Waals surface area contributed by atoms with Crippen LogP contribution in [0.4, 0.5) is 5.69 Å². The smallest absolute Gasteiger partial charge is 0.254 e. The molecule has 1 unspecified atom stereocenters. The number of H-pyrrole nitrogens is 1. The minimum atomic E-state index is -0.348. The highest BCUT2D eigenvalue weighted by Gasteiger charge is 2.20. The van der Waals surface area contributed by atoms with Crippen molar-refractivity contribution in [2.75, 3.05) is 5.32 Å². The van der Waals surface area contributed by atoms with E-state index in [1.165, 1.54) is 11.8 Å². The van der Waals surface area contributed by atoms with Crippen LogP contribution in [-0.2, 0) is 17.6 Å². The second-order valence-electron chi connectivity index (χ2n) is 5.77. The minimum absolute atomic E-state index is 0.0684. The summed E-state index contributed by atoms with van der Waals surface area (Å²) in [6, 6.07) is 7.65. The third-order valence-corrected chi connectivity index (χ3v) is 4.88. The predicted molar refractivity (Wildman–Crippen MR) is 92.0 cm³/mol. The van der Waals surface area contributed by atoms with E-state index < -0.39 is 0 Å². The van der Waals surface area contributed by atoms with Crippen molar-refractivity contribution in [3.8, 4) is 0 Å². The Morgan fingerprint density at radius 3 is 2.78 bits per heavy atom. The molecule has 23 heavy (non-hydrogen) atoms. The summed E-state index contributed by atoms with van der Waals surface area (Å²) >= 11 is 1.28. The van der Waals surface area contributed by atoms with Gasteiger partial charge in [-0.3, -0.25) is 9.59 Å². The Bertz CT molecular complexity index is 783. The van der Waals surface area contributed by atoms with Crippen molar-refractivity contribution in [2.24, 2.45) is 0 Å². The van der Waals surface area contributed by atoms with Crippen molar-refractivity contribution >= 4 is 23.4 Å². The van der Waals surface area contributed by atoms with Gasteiger partial charge < -0.3 is 10.3 Å². The number of rotatable bonds is 4. The number of nitrogens with zero attached hydrogens (tertiary/aromatic N) is 1. The summed E-state index contributed by atoms with van der Waals surface area (Å²) < 4.78 is 0. The van der Waals surface area contributed by atoms with Gasteiger partial charge in [-0.05, 0) is 45.2 Å². The van der Waals surface area contributed by atoms with E-state index in [-0.39, 0.29) is 16.7 Å². The van der Waals surface area contributed by atoms with Gasteiger partial charge in [0.15, 0.2) is 5.16 Å². The van der Waals surface area contributed by atoms with Crippen molar-refractivity contribution in [1.82, 2.24) is 9.97 Å². The first-order valence-corrected chi connectivity index (χ1v) is 8.57. The number of nitrogens with one attached hydrogen (secondary N) is 2. The lowest BCUT2D eigenvalue weighted by molar-refractivity contribution is -0.115.